The van der Waals surface area contributed by atoms with Crippen molar-refractivity contribution >= 4 is 16.8 Å². The molecule has 2 aromatic rings. The third-order valence-corrected chi connectivity index (χ3v) is 3.32. The Morgan fingerprint density at radius 3 is 2.75 bits per heavy atom. The smallest absolute Gasteiger partial charge is 0.267 e. The summed E-state index contributed by atoms with van der Waals surface area (Å²) in [5.74, 6) is -0.778. The van der Waals surface area contributed by atoms with Crippen molar-refractivity contribution in [1.82, 2.24) is 9.88 Å². The van der Waals surface area contributed by atoms with Gasteiger partial charge in [-0.05, 0) is 18.6 Å². The van der Waals surface area contributed by atoms with Crippen LogP contribution in [0.5, 0.6) is 5.75 Å². The lowest BCUT2D eigenvalue weighted by molar-refractivity contribution is 0.0948. The molecule has 5 heteroatoms. The maximum Gasteiger partial charge on any atom is 0.267 e. The molecule has 0 spiro atoms. The largest absolute Gasteiger partial charge is 0.506 e. The molecule has 0 atom stereocenters. The molecule has 0 saturated carbocycles. The minimum Gasteiger partial charge on any atom is -0.506 e. The van der Waals surface area contributed by atoms with Crippen LogP contribution >= 0.6 is 0 Å². The zero-order valence-electron chi connectivity index (χ0n) is 11.6. The van der Waals surface area contributed by atoms with Crippen LogP contribution in [0, 0.1) is 0 Å². The summed E-state index contributed by atoms with van der Waals surface area (Å²) in [4.78, 5) is 24.3. The summed E-state index contributed by atoms with van der Waals surface area (Å²) in [5.41, 5.74) is -0.0855. The Morgan fingerprint density at radius 2 is 2.05 bits per heavy atom. The van der Waals surface area contributed by atoms with Crippen molar-refractivity contribution in [3.8, 4) is 5.75 Å². The molecule has 0 unspecified atom stereocenters. The standard InChI is InChI=1S/C15H18N2O3/c1-3-4-9-16-14(19)12-13(18)10-7-5-6-8-11(10)17(2)15(12)20/h5-8,18H,3-4,9H2,1-2H3,(H,16,19). The summed E-state index contributed by atoms with van der Waals surface area (Å²) in [6, 6.07) is 6.95. The molecule has 1 aromatic carbocycles. The molecule has 1 heterocycles. The molecule has 20 heavy (non-hydrogen) atoms. The number of carbonyl (C=O) groups is 1. The molecule has 2 rings (SSSR count). The van der Waals surface area contributed by atoms with Gasteiger partial charge in [-0.3, -0.25) is 9.59 Å². The second kappa shape index (κ2) is 5.77. The summed E-state index contributed by atoms with van der Waals surface area (Å²) >= 11 is 0. The molecule has 0 saturated heterocycles. The van der Waals surface area contributed by atoms with Crippen LogP contribution in [0.15, 0.2) is 29.1 Å². The molecule has 0 bridgehead atoms. The normalized spacial score (nSPS) is 10.7. The van der Waals surface area contributed by atoms with Crippen molar-refractivity contribution in [2.45, 2.75) is 19.8 Å². The fourth-order valence-electron chi connectivity index (χ4n) is 2.15. The van der Waals surface area contributed by atoms with Crippen LogP contribution in [0.25, 0.3) is 10.9 Å². The first-order valence-electron chi connectivity index (χ1n) is 6.66. The lowest BCUT2D eigenvalue weighted by Crippen LogP contribution is -2.33. The second-order valence-electron chi connectivity index (χ2n) is 4.71. The molecule has 106 valence electrons. The van der Waals surface area contributed by atoms with E-state index in [9.17, 15) is 14.7 Å². The number of nitrogens with one attached hydrogen (secondary N) is 1. The number of nitrogens with zero attached hydrogens (tertiary/aromatic N) is 1. The molecular weight excluding hydrogens is 256 g/mol. The highest BCUT2D eigenvalue weighted by Crippen LogP contribution is 2.25. The maximum absolute atomic E-state index is 12.2. The third kappa shape index (κ3) is 2.39. The van der Waals surface area contributed by atoms with E-state index in [0.717, 1.165) is 12.8 Å². The Labute approximate surface area is 116 Å². The first-order valence-corrected chi connectivity index (χ1v) is 6.66. The molecule has 0 aliphatic heterocycles. The number of aromatic hydroxyl groups is 1. The third-order valence-electron chi connectivity index (χ3n) is 3.32. The molecule has 0 aliphatic rings. The molecule has 0 fully saturated rings. The van der Waals surface area contributed by atoms with Crippen LogP contribution in [-0.2, 0) is 7.05 Å². The minimum atomic E-state index is -0.526. The summed E-state index contributed by atoms with van der Waals surface area (Å²) in [6.45, 7) is 2.50. The molecule has 1 amide bonds. The van der Waals surface area contributed by atoms with Gasteiger partial charge >= 0.3 is 0 Å². The van der Waals surface area contributed by atoms with Gasteiger partial charge in [-0.15, -0.1) is 0 Å². The Kier molecular flexibility index (Phi) is 4.08. The molecule has 5 nitrogen and oxygen atoms in total. The Hall–Kier alpha value is -2.30. The Bertz CT molecular complexity index is 704. The number of unbranched alkanes of at least 4 members (excludes halogenated alkanes) is 1. The van der Waals surface area contributed by atoms with E-state index >= 15 is 0 Å². The monoisotopic (exact) mass is 274 g/mol. The molecule has 0 radical (unpaired) electrons. The minimum absolute atomic E-state index is 0.192. The fraction of sp³-hybridized carbons (Fsp3) is 0.333. The van der Waals surface area contributed by atoms with Gasteiger partial charge in [-0.1, -0.05) is 25.5 Å². The number of amides is 1. The highest BCUT2D eigenvalue weighted by atomic mass is 16.3. The highest BCUT2D eigenvalue weighted by Gasteiger charge is 2.20. The van der Waals surface area contributed by atoms with Gasteiger partial charge in [0.05, 0.1) is 5.52 Å². The van der Waals surface area contributed by atoms with Crippen molar-refractivity contribution in [3.05, 3.63) is 40.2 Å². The molecule has 0 aliphatic carbocycles. The first-order chi connectivity index (χ1) is 9.57. The summed E-state index contributed by atoms with van der Waals surface area (Å²) < 4.78 is 1.38. The lowest BCUT2D eigenvalue weighted by Gasteiger charge is -2.11. The number of fused-ring (bicyclic) bond motifs is 1. The lowest BCUT2D eigenvalue weighted by atomic mass is 10.1. The number of hydrogen-bond donors (Lipinski definition) is 2. The SMILES string of the molecule is CCCCNC(=O)c1c(O)c2ccccc2n(C)c1=O. The summed E-state index contributed by atoms with van der Waals surface area (Å²) in [5, 5.41) is 13.4. The van der Waals surface area contributed by atoms with Gasteiger partial charge < -0.3 is 15.0 Å². The zero-order valence-corrected chi connectivity index (χ0v) is 11.6. The van der Waals surface area contributed by atoms with Crippen molar-refractivity contribution in [1.29, 1.82) is 0 Å². The predicted molar refractivity (Wildman–Crippen MR) is 78.1 cm³/mol. The van der Waals surface area contributed by atoms with Crippen LogP contribution < -0.4 is 10.9 Å². The van der Waals surface area contributed by atoms with Crippen LogP contribution in [0.4, 0.5) is 0 Å². The Morgan fingerprint density at radius 1 is 1.35 bits per heavy atom. The van der Waals surface area contributed by atoms with Crippen LogP contribution in [0.3, 0.4) is 0 Å². The number of aryl methyl sites for hydroxylation is 1. The van der Waals surface area contributed by atoms with Crippen LogP contribution in [-0.4, -0.2) is 22.1 Å². The predicted octanol–water partition coefficient (Wildman–Crippen LogP) is 1.77. The van der Waals surface area contributed by atoms with Gasteiger partial charge in [0.25, 0.3) is 11.5 Å². The maximum atomic E-state index is 12.2. The van der Waals surface area contributed by atoms with Gasteiger partial charge in [0.1, 0.15) is 11.3 Å². The average Bonchev–Trinajstić information content (AvgIpc) is 2.45. The van der Waals surface area contributed by atoms with Gasteiger partial charge in [-0.25, -0.2) is 0 Å². The quantitative estimate of drug-likeness (QED) is 0.835. The van der Waals surface area contributed by atoms with Crippen LogP contribution in [0.2, 0.25) is 0 Å². The second-order valence-corrected chi connectivity index (χ2v) is 4.71. The number of benzene rings is 1. The van der Waals surface area contributed by atoms with Gasteiger partial charge in [-0.2, -0.15) is 0 Å². The van der Waals surface area contributed by atoms with Crippen LogP contribution in [0.1, 0.15) is 30.1 Å². The van der Waals surface area contributed by atoms with E-state index in [-0.39, 0.29) is 11.3 Å². The number of hydrogen-bond acceptors (Lipinski definition) is 3. The van der Waals surface area contributed by atoms with Crippen molar-refractivity contribution in [3.63, 3.8) is 0 Å². The number of aromatic nitrogens is 1. The van der Waals surface area contributed by atoms with Gasteiger partial charge in [0.15, 0.2) is 0 Å². The van der Waals surface area contributed by atoms with Crippen molar-refractivity contribution in [2.75, 3.05) is 6.54 Å². The molecule has 1 aromatic heterocycles. The van der Waals surface area contributed by atoms with E-state index < -0.39 is 11.5 Å². The zero-order chi connectivity index (χ0) is 14.7. The van der Waals surface area contributed by atoms with E-state index in [4.69, 9.17) is 0 Å². The van der Waals surface area contributed by atoms with Gasteiger partial charge in [0, 0.05) is 19.0 Å². The number of rotatable bonds is 4. The fourth-order valence-corrected chi connectivity index (χ4v) is 2.15. The first kappa shape index (κ1) is 14.1. The topological polar surface area (TPSA) is 71.3 Å². The van der Waals surface area contributed by atoms with Crippen molar-refractivity contribution in [2.24, 2.45) is 7.05 Å². The van der Waals surface area contributed by atoms with E-state index in [1.807, 2.05) is 6.92 Å². The summed E-state index contributed by atoms with van der Waals surface area (Å²) in [7, 11) is 1.59. The highest BCUT2D eigenvalue weighted by molar-refractivity contribution is 6.02. The van der Waals surface area contributed by atoms with E-state index in [1.54, 1.807) is 31.3 Å². The number of carbonyl (C=O) groups excluding carboxylic acids is 1. The Balaban J connectivity index is 2.54. The molecular formula is C15H18N2O3. The molecule has 2 N–H and O–H groups in total. The van der Waals surface area contributed by atoms with E-state index in [2.05, 4.69) is 5.32 Å². The van der Waals surface area contributed by atoms with Crippen molar-refractivity contribution < 1.29 is 9.90 Å². The average molecular weight is 274 g/mol. The van der Waals surface area contributed by atoms with E-state index in [0.29, 0.717) is 17.4 Å². The van der Waals surface area contributed by atoms with Gasteiger partial charge in [0.2, 0.25) is 0 Å². The van der Waals surface area contributed by atoms with E-state index in [1.165, 1.54) is 4.57 Å². The number of para-hydroxylation sites is 1. The number of pyridine rings is 1. The summed E-state index contributed by atoms with van der Waals surface area (Å²) in [6.07, 6.45) is 1.78.